The Morgan fingerprint density at radius 3 is 2.55 bits per heavy atom. The zero-order valence-electron chi connectivity index (χ0n) is 6.41. The van der Waals surface area contributed by atoms with Crippen molar-refractivity contribution >= 4 is 15.7 Å². The van der Waals surface area contributed by atoms with Crippen molar-refractivity contribution in [3.05, 3.63) is 0 Å². The molecule has 0 unspecified atom stereocenters. The zero-order chi connectivity index (χ0) is 8.48. The van der Waals surface area contributed by atoms with Crippen LogP contribution in [-0.2, 0) is 14.6 Å². The SMILES string of the molecule is CCC(=O)N1CCS(=O)(=O)C1. The first-order chi connectivity index (χ1) is 5.05. The van der Waals surface area contributed by atoms with Gasteiger partial charge in [-0.15, -0.1) is 0 Å². The minimum Gasteiger partial charge on any atom is -0.327 e. The molecule has 0 spiro atoms. The Balaban J connectivity index is 2.62. The summed E-state index contributed by atoms with van der Waals surface area (Å²) in [5, 5.41) is 0. The quantitative estimate of drug-likeness (QED) is 0.548. The smallest absolute Gasteiger partial charge is 0.223 e. The van der Waals surface area contributed by atoms with Gasteiger partial charge in [0.05, 0.1) is 5.75 Å². The van der Waals surface area contributed by atoms with Crippen molar-refractivity contribution in [1.82, 2.24) is 4.90 Å². The molecule has 0 aromatic rings. The van der Waals surface area contributed by atoms with Crippen LogP contribution in [0.15, 0.2) is 0 Å². The third kappa shape index (κ3) is 1.92. The average molecular weight is 177 g/mol. The number of hydrogen-bond acceptors (Lipinski definition) is 3. The van der Waals surface area contributed by atoms with Gasteiger partial charge in [-0.2, -0.15) is 0 Å². The Labute approximate surface area is 66.1 Å². The van der Waals surface area contributed by atoms with Gasteiger partial charge in [0.2, 0.25) is 5.91 Å². The summed E-state index contributed by atoms with van der Waals surface area (Å²) in [5.74, 6) is -0.0376. The lowest BCUT2D eigenvalue weighted by molar-refractivity contribution is -0.129. The molecule has 0 saturated carbocycles. The van der Waals surface area contributed by atoms with Gasteiger partial charge < -0.3 is 4.90 Å². The Hall–Kier alpha value is -0.580. The molecule has 0 aromatic carbocycles. The van der Waals surface area contributed by atoms with Gasteiger partial charge in [-0.25, -0.2) is 8.42 Å². The van der Waals surface area contributed by atoms with Gasteiger partial charge in [-0.3, -0.25) is 4.79 Å². The summed E-state index contributed by atoms with van der Waals surface area (Å²) in [6, 6.07) is 0. The number of sulfone groups is 1. The van der Waals surface area contributed by atoms with Crippen molar-refractivity contribution in [2.75, 3.05) is 18.2 Å². The molecule has 5 heteroatoms. The Kier molecular flexibility index (Phi) is 2.17. The van der Waals surface area contributed by atoms with E-state index in [0.29, 0.717) is 13.0 Å². The molecular formula is C6H11NO3S. The van der Waals surface area contributed by atoms with Crippen LogP contribution in [0.4, 0.5) is 0 Å². The monoisotopic (exact) mass is 177 g/mol. The van der Waals surface area contributed by atoms with Crippen LogP contribution in [0, 0.1) is 0 Å². The third-order valence-corrected chi connectivity index (χ3v) is 3.19. The summed E-state index contributed by atoms with van der Waals surface area (Å²) in [7, 11) is -2.95. The van der Waals surface area contributed by atoms with Gasteiger partial charge in [0.15, 0.2) is 9.84 Å². The predicted octanol–water partition coefficient (Wildman–Crippen LogP) is -0.389. The predicted molar refractivity (Wildman–Crippen MR) is 40.7 cm³/mol. The van der Waals surface area contributed by atoms with Crippen LogP contribution in [-0.4, -0.2) is 37.4 Å². The summed E-state index contributed by atoms with van der Waals surface area (Å²) >= 11 is 0. The molecule has 1 aliphatic heterocycles. The highest BCUT2D eigenvalue weighted by molar-refractivity contribution is 7.91. The highest BCUT2D eigenvalue weighted by Gasteiger charge is 2.27. The highest BCUT2D eigenvalue weighted by atomic mass is 32.2. The maximum Gasteiger partial charge on any atom is 0.223 e. The van der Waals surface area contributed by atoms with E-state index >= 15 is 0 Å². The van der Waals surface area contributed by atoms with E-state index in [4.69, 9.17) is 0 Å². The molecule has 0 N–H and O–H groups in total. The van der Waals surface area contributed by atoms with E-state index in [1.165, 1.54) is 4.90 Å². The van der Waals surface area contributed by atoms with Crippen LogP contribution in [0.1, 0.15) is 13.3 Å². The summed E-state index contributed by atoms with van der Waals surface area (Å²) in [6.07, 6.45) is 0.384. The molecule has 1 amide bonds. The van der Waals surface area contributed by atoms with E-state index in [9.17, 15) is 13.2 Å². The molecule has 0 bridgehead atoms. The van der Waals surface area contributed by atoms with Crippen LogP contribution in [0.2, 0.25) is 0 Å². The standard InChI is InChI=1S/C6H11NO3S/c1-2-6(8)7-3-4-11(9,10)5-7/h2-5H2,1H3. The Morgan fingerprint density at radius 2 is 2.18 bits per heavy atom. The fraction of sp³-hybridized carbons (Fsp3) is 0.833. The van der Waals surface area contributed by atoms with Crippen molar-refractivity contribution in [2.45, 2.75) is 13.3 Å². The third-order valence-electron chi connectivity index (χ3n) is 1.68. The maximum atomic E-state index is 11.0. The van der Waals surface area contributed by atoms with Gasteiger partial charge in [0.1, 0.15) is 5.88 Å². The van der Waals surface area contributed by atoms with E-state index in [-0.39, 0.29) is 17.5 Å². The Bertz CT molecular complexity index is 257. The first-order valence-corrected chi connectivity index (χ1v) is 5.35. The highest BCUT2D eigenvalue weighted by Crippen LogP contribution is 2.07. The number of nitrogens with zero attached hydrogens (tertiary/aromatic N) is 1. The lowest BCUT2D eigenvalue weighted by atomic mass is 10.4. The zero-order valence-corrected chi connectivity index (χ0v) is 7.23. The van der Waals surface area contributed by atoms with E-state index in [0.717, 1.165) is 0 Å². The van der Waals surface area contributed by atoms with Crippen LogP contribution in [0.5, 0.6) is 0 Å². The number of rotatable bonds is 1. The summed E-state index contributed by atoms with van der Waals surface area (Å²) in [5.41, 5.74) is 0. The van der Waals surface area contributed by atoms with Crippen LogP contribution >= 0.6 is 0 Å². The number of carbonyl (C=O) groups excluding carboxylic acids is 1. The normalized spacial score (nSPS) is 22.1. The second-order valence-corrected chi connectivity index (χ2v) is 4.74. The topological polar surface area (TPSA) is 54.5 Å². The van der Waals surface area contributed by atoms with Crippen LogP contribution < -0.4 is 0 Å². The van der Waals surface area contributed by atoms with Crippen LogP contribution in [0.25, 0.3) is 0 Å². The molecule has 11 heavy (non-hydrogen) atoms. The molecule has 1 saturated heterocycles. The van der Waals surface area contributed by atoms with Crippen molar-refractivity contribution in [3.63, 3.8) is 0 Å². The number of carbonyl (C=O) groups is 1. The maximum absolute atomic E-state index is 11.0. The summed E-state index contributed by atoms with van der Waals surface area (Å²) < 4.78 is 21.7. The lowest BCUT2D eigenvalue weighted by Gasteiger charge is -2.10. The largest absolute Gasteiger partial charge is 0.327 e. The first kappa shape index (κ1) is 8.52. The molecule has 1 heterocycles. The van der Waals surface area contributed by atoms with Crippen molar-refractivity contribution in [1.29, 1.82) is 0 Å². The summed E-state index contributed by atoms with van der Waals surface area (Å²) in [6.45, 7) is 2.10. The van der Waals surface area contributed by atoms with E-state index in [1.54, 1.807) is 6.92 Å². The van der Waals surface area contributed by atoms with Crippen LogP contribution in [0.3, 0.4) is 0 Å². The minimum absolute atomic E-state index is 0.0777. The second-order valence-electron chi connectivity index (χ2n) is 2.59. The van der Waals surface area contributed by atoms with Gasteiger partial charge >= 0.3 is 0 Å². The molecule has 64 valence electrons. The minimum atomic E-state index is -2.95. The van der Waals surface area contributed by atoms with Gasteiger partial charge in [0.25, 0.3) is 0 Å². The van der Waals surface area contributed by atoms with E-state index < -0.39 is 9.84 Å². The van der Waals surface area contributed by atoms with E-state index in [2.05, 4.69) is 0 Å². The fourth-order valence-corrected chi connectivity index (χ4v) is 2.41. The first-order valence-electron chi connectivity index (χ1n) is 3.53. The number of hydrogen-bond donors (Lipinski definition) is 0. The lowest BCUT2D eigenvalue weighted by Crippen LogP contribution is -2.27. The molecule has 4 nitrogen and oxygen atoms in total. The average Bonchev–Trinajstić information content (AvgIpc) is 2.29. The van der Waals surface area contributed by atoms with Gasteiger partial charge in [0, 0.05) is 13.0 Å². The van der Waals surface area contributed by atoms with Gasteiger partial charge in [-0.1, -0.05) is 6.92 Å². The van der Waals surface area contributed by atoms with Crippen molar-refractivity contribution < 1.29 is 13.2 Å². The van der Waals surface area contributed by atoms with Crippen molar-refractivity contribution in [2.24, 2.45) is 0 Å². The van der Waals surface area contributed by atoms with Crippen molar-refractivity contribution in [3.8, 4) is 0 Å². The Morgan fingerprint density at radius 1 is 1.55 bits per heavy atom. The fourth-order valence-electron chi connectivity index (χ4n) is 1.04. The molecule has 0 radical (unpaired) electrons. The van der Waals surface area contributed by atoms with E-state index in [1.807, 2.05) is 0 Å². The molecule has 0 aromatic heterocycles. The molecular weight excluding hydrogens is 166 g/mol. The number of amides is 1. The molecule has 1 rings (SSSR count). The van der Waals surface area contributed by atoms with Gasteiger partial charge in [-0.05, 0) is 0 Å². The molecule has 0 aliphatic carbocycles. The molecule has 0 atom stereocenters. The second kappa shape index (κ2) is 2.81. The molecule has 1 fully saturated rings. The summed E-state index contributed by atoms with van der Waals surface area (Å²) in [4.78, 5) is 12.3. The molecule has 1 aliphatic rings.